The molecular weight excluding hydrogens is 208 g/mol. The summed E-state index contributed by atoms with van der Waals surface area (Å²) in [6, 6.07) is 0.126. The zero-order chi connectivity index (χ0) is 12.1. The summed E-state index contributed by atoms with van der Waals surface area (Å²) in [6.07, 6.45) is 1.17. The third kappa shape index (κ3) is 4.06. The maximum absolute atomic E-state index is 11.6. The van der Waals surface area contributed by atoms with Crippen LogP contribution in [0.2, 0.25) is 0 Å². The minimum atomic E-state index is -0.581. The van der Waals surface area contributed by atoms with Gasteiger partial charge >= 0.3 is 0 Å². The molecular formula is C10H20N4O2. The average molecular weight is 228 g/mol. The molecule has 92 valence electrons. The van der Waals surface area contributed by atoms with E-state index in [0.717, 1.165) is 12.8 Å². The minimum absolute atomic E-state index is 0.00171. The standard InChI is InChI=1S/C10H20N4O2/c1-7(15)6-9(16)14-4-2-8(3-5-14)13-10(11)12/h7-8,15H,2-6H2,1H3,(H4,11,12,13). The quantitative estimate of drug-likeness (QED) is 0.426. The van der Waals surface area contributed by atoms with Crippen molar-refractivity contribution in [2.75, 3.05) is 13.1 Å². The second-order valence-electron chi connectivity index (χ2n) is 4.22. The molecule has 0 aromatic rings. The van der Waals surface area contributed by atoms with Gasteiger partial charge in [-0.25, -0.2) is 0 Å². The number of aliphatic hydroxyl groups is 1. The molecule has 0 saturated carbocycles. The summed E-state index contributed by atoms with van der Waals surface area (Å²) in [5.41, 5.74) is 10.6. The number of likely N-dealkylation sites (tertiary alicyclic amines) is 1. The van der Waals surface area contributed by atoms with Crippen LogP contribution in [0.25, 0.3) is 0 Å². The Morgan fingerprint density at radius 1 is 1.50 bits per heavy atom. The normalized spacial score (nSPS) is 19.2. The van der Waals surface area contributed by atoms with Crippen molar-refractivity contribution in [3.05, 3.63) is 0 Å². The lowest BCUT2D eigenvalue weighted by atomic mass is 10.1. The third-order valence-electron chi connectivity index (χ3n) is 2.62. The molecule has 6 nitrogen and oxygen atoms in total. The molecule has 1 heterocycles. The average Bonchev–Trinajstić information content (AvgIpc) is 2.16. The lowest BCUT2D eigenvalue weighted by Gasteiger charge is -2.30. The highest BCUT2D eigenvalue weighted by Crippen LogP contribution is 2.14. The smallest absolute Gasteiger partial charge is 0.225 e. The van der Waals surface area contributed by atoms with Gasteiger partial charge in [-0.2, -0.15) is 0 Å². The van der Waals surface area contributed by atoms with Gasteiger partial charge in [-0.1, -0.05) is 0 Å². The Kier molecular flexibility index (Phi) is 4.54. The van der Waals surface area contributed by atoms with E-state index in [4.69, 9.17) is 16.6 Å². The molecule has 1 unspecified atom stereocenters. The van der Waals surface area contributed by atoms with Gasteiger partial charge in [0, 0.05) is 13.1 Å². The van der Waals surface area contributed by atoms with Gasteiger partial charge in [0.25, 0.3) is 0 Å². The molecule has 0 radical (unpaired) electrons. The van der Waals surface area contributed by atoms with Gasteiger partial charge in [0.1, 0.15) is 0 Å². The zero-order valence-corrected chi connectivity index (χ0v) is 9.59. The van der Waals surface area contributed by atoms with Crippen LogP contribution in [0.1, 0.15) is 26.2 Å². The molecule has 1 amide bonds. The topological polar surface area (TPSA) is 105 Å². The first-order chi connectivity index (χ1) is 7.49. The van der Waals surface area contributed by atoms with Crippen molar-refractivity contribution in [1.82, 2.24) is 4.90 Å². The largest absolute Gasteiger partial charge is 0.393 e. The summed E-state index contributed by atoms with van der Waals surface area (Å²) < 4.78 is 0. The van der Waals surface area contributed by atoms with E-state index in [1.807, 2.05) is 0 Å². The third-order valence-corrected chi connectivity index (χ3v) is 2.62. The van der Waals surface area contributed by atoms with Gasteiger partial charge in [-0.15, -0.1) is 0 Å². The summed E-state index contributed by atoms with van der Waals surface area (Å²) in [4.78, 5) is 17.4. The van der Waals surface area contributed by atoms with Crippen molar-refractivity contribution >= 4 is 11.9 Å². The molecule has 0 aliphatic carbocycles. The molecule has 1 saturated heterocycles. The van der Waals surface area contributed by atoms with Gasteiger partial charge in [-0.05, 0) is 19.8 Å². The van der Waals surface area contributed by atoms with Crippen molar-refractivity contribution in [3.63, 3.8) is 0 Å². The molecule has 0 aromatic carbocycles. The molecule has 5 N–H and O–H groups in total. The molecule has 1 aliphatic rings. The van der Waals surface area contributed by atoms with Crippen molar-refractivity contribution < 1.29 is 9.90 Å². The molecule has 1 aliphatic heterocycles. The predicted molar refractivity (Wildman–Crippen MR) is 61.7 cm³/mol. The fraction of sp³-hybridized carbons (Fsp3) is 0.800. The number of guanidine groups is 1. The molecule has 1 fully saturated rings. The van der Waals surface area contributed by atoms with E-state index < -0.39 is 6.10 Å². The molecule has 16 heavy (non-hydrogen) atoms. The predicted octanol–water partition coefficient (Wildman–Crippen LogP) is -0.978. The fourth-order valence-electron chi connectivity index (χ4n) is 1.84. The second kappa shape index (κ2) is 5.69. The van der Waals surface area contributed by atoms with Gasteiger partial charge in [0.05, 0.1) is 18.6 Å². The highest BCUT2D eigenvalue weighted by Gasteiger charge is 2.22. The van der Waals surface area contributed by atoms with Crippen molar-refractivity contribution in [1.29, 1.82) is 0 Å². The number of carbonyl (C=O) groups excluding carboxylic acids is 1. The van der Waals surface area contributed by atoms with E-state index in [0.29, 0.717) is 13.1 Å². The summed E-state index contributed by atoms with van der Waals surface area (Å²) in [7, 11) is 0. The molecule has 1 rings (SSSR count). The number of carbonyl (C=O) groups is 1. The van der Waals surface area contributed by atoms with Crippen LogP contribution in [0, 0.1) is 0 Å². The van der Waals surface area contributed by atoms with Crippen molar-refractivity contribution in [2.24, 2.45) is 16.5 Å². The summed E-state index contributed by atoms with van der Waals surface area (Å²) in [5.74, 6) is 0.104. The molecule has 0 spiro atoms. The van der Waals surface area contributed by atoms with Crippen LogP contribution in [-0.2, 0) is 4.79 Å². The number of nitrogens with zero attached hydrogens (tertiary/aromatic N) is 2. The Hall–Kier alpha value is -1.30. The summed E-state index contributed by atoms with van der Waals surface area (Å²) in [5, 5.41) is 9.12. The van der Waals surface area contributed by atoms with E-state index in [-0.39, 0.29) is 24.3 Å². The van der Waals surface area contributed by atoms with Gasteiger partial charge < -0.3 is 21.5 Å². The number of rotatable bonds is 3. The molecule has 6 heteroatoms. The number of hydrogen-bond acceptors (Lipinski definition) is 3. The first-order valence-electron chi connectivity index (χ1n) is 5.53. The van der Waals surface area contributed by atoms with E-state index in [9.17, 15) is 4.79 Å². The monoisotopic (exact) mass is 228 g/mol. The number of aliphatic hydroxyl groups excluding tert-OH is 1. The van der Waals surface area contributed by atoms with Crippen molar-refractivity contribution in [2.45, 2.75) is 38.3 Å². The highest BCUT2D eigenvalue weighted by atomic mass is 16.3. The molecule has 0 aromatic heterocycles. The summed E-state index contributed by atoms with van der Waals surface area (Å²) >= 11 is 0. The molecule has 1 atom stereocenters. The van der Waals surface area contributed by atoms with Gasteiger partial charge in [0.15, 0.2) is 5.96 Å². The number of piperidine rings is 1. The molecule has 0 bridgehead atoms. The van der Waals surface area contributed by atoms with Crippen LogP contribution in [-0.4, -0.2) is 47.1 Å². The van der Waals surface area contributed by atoms with Crippen LogP contribution >= 0.6 is 0 Å². The lowest BCUT2D eigenvalue weighted by molar-refractivity contribution is -0.134. The SMILES string of the molecule is CC(O)CC(=O)N1CCC(N=C(N)N)CC1. The first-order valence-corrected chi connectivity index (χ1v) is 5.53. The second-order valence-corrected chi connectivity index (χ2v) is 4.22. The van der Waals surface area contributed by atoms with Gasteiger partial charge in [0.2, 0.25) is 5.91 Å². The Bertz CT molecular complexity index is 266. The van der Waals surface area contributed by atoms with E-state index in [1.165, 1.54) is 0 Å². The van der Waals surface area contributed by atoms with Crippen LogP contribution in [0.15, 0.2) is 4.99 Å². The van der Waals surface area contributed by atoms with Crippen LogP contribution in [0.5, 0.6) is 0 Å². The van der Waals surface area contributed by atoms with Crippen molar-refractivity contribution in [3.8, 4) is 0 Å². The van der Waals surface area contributed by atoms with Crippen LogP contribution in [0.3, 0.4) is 0 Å². The summed E-state index contributed by atoms with van der Waals surface area (Å²) in [6.45, 7) is 2.93. The van der Waals surface area contributed by atoms with Crippen LogP contribution in [0.4, 0.5) is 0 Å². The Balaban J connectivity index is 2.37. The van der Waals surface area contributed by atoms with Gasteiger partial charge in [-0.3, -0.25) is 9.79 Å². The van der Waals surface area contributed by atoms with Crippen LogP contribution < -0.4 is 11.5 Å². The number of amides is 1. The Morgan fingerprint density at radius 2 is 2.06 bits per heavy atom. The Labute approximate surface area is 95.3 Å². The Morgan fingerprint density at radius 3 is 2.50 bits per heavy atom. The highest BCUT2D eigenvalue weighted by molar-refractivity contribution is 5.77. The van der Waals surface area contributed by atoms with E-state index >= 15 is 0 Å². The number of aliphatic imine (C=N–C) groups is 1. The number of nitrogens with two attached hydrogens (primary N) is 2. The maximum atomic E-state index is 11.6. The van der Waals surface area contributed by atoms with E-state index in [1.54, 1.807) is 11.8 Å². The van der Waals surface area contributed by atoms with E-state index in [2.05, 4.69) is 4.99 Å². The maximum Gasteiger partial charge on any atom is 0.225 e. The zero-order valence-electron chi connectivity index (χ0n) is 9.59. The minimum Gasteiger partial charge on any atom is -0.393 e. The first kappa shape index (κ1) is 12.8. The lowest BCUT2D eigenvalue weighted by Crippen LogP contribution is -2.41. The fourth-order valence-corrected chi connectivity index (χ4v) is 1.84. The number of hydrogen-bond donors (Lipinski definition) is 3.